The highest BCUT2D eigenvalue weighted by Crippen LogP contribution is 2.08. The molecule has 1 amide bonds. The molecule has 0 aliphatic carbocycles. The van der Waals surface area contributed by atoms with E-state index in [-0.39, 0.29) is 5.91 Å². The monoisotopic (exact) mass is 185 g/mol. The Hall–Kier alpha value is -0.830. The van der Waals surface area contributed by atoms with Gasteiger partial charge >= 0.3 is 0 Å². The highest BCUT2D eigenvalue weighted by molar-refractivity contribution is 5.84. The Morgan fingerprint density at radius 3 is 2.62 bits per heavy atom. The Morgan fingerprint density at radius 2 is 2.15 bits per heavy atom. The summed E-state index contributed by atoms with van der Waals surface area (Å²) in [4.78, 5) is 11.5. The second-order valence-electron chi connectivity index (χ2n) is 3.22. The van der Waals surface area contributed by atoms with E-state index in [9.17, 15) is 4.79 Å². The molecule has 0 heterocycles. The number of carbonyl (C=O) groups excluding carboxylic acids is 1. The van der Waals surface area contributed by atoms with Crippen LogP contribution in [-0.4, -0.2) is 24.7 Å². The van der Waals surface area contributed by atoms with Crippen molar-refractivity contribution in [3.8, 4) is 0 Å². The van der Waals surface area contributed by atoms with E-state index in [0.717, 1.165) is 0 Å². The fourth-order valence-corrected chi connectivity index (χ4v) is 0.909. The Labute approximate surface area is 80.2 Å². The molecule has 0 aromatic rings. The van der Waals surface area contributed by atoms with Gasteiger partial charge in [-0.3, -0.25) is 4.79 Å². The molecule has 0 unspecified atom stereocenters. The zero-order valence-corrected chi connectivity index (χ0v) is 8.89. The third kappa shape index (κ3) is 4.68. The first-order valence-electron chi connectivity index (χ1n) is 4.58. The summed E-state index contributed by atoms with van der Waals surface area (Å²) in [5.41, 5.74) is -0.726. The molecule has 0 aliphatic rings. The molecule has 3 heteroatoms. The minimum atomic E-state index is -0.726. The second-order valence-corrected chi connectivity index (χ2v) is 3.22. The summed E-state index contributed by atoms with van der Waals surface area (Å²) in [6.45, 7) is 8.43. The van der Waals surface area contributed by atoms with Gasteiger partial charge in [0.15, 0.2) is 0 Å². The fourth-order valence-electron chi connectivity index (χ4n) is 0.909. The molecule has 76 valence electrons. The van der Waals surface area contributed by atoms with Crippen molar-refractivity contribution in [2.45, 2.75) is 33.3 Å². The number of ether oxygens (including phenoxy) is 1. The van der Waals surface area contributed by atoms with E-state index in [2.05, 4.69) is 5.32 Å². The van der Waals surface area contributed by atoms with Crippen LogP contribution in [0.15, 0.2) is 12.2 Å². The molecule has 0 saturated heterocycles. The summed E-state index contributed by atoms with van der Waals surface area (Å²) in [7, 11) is 0. The van der Waals surface area contributed by atoms with Gasteiger partial charge in [-0.2, -0.15) is 0 Å². The zero-order chi connectivity index (χ0) is 10.3. The van der Waals surface area contributed by atoms with E-state index in [4.69, 9.17) is 4.74 Å². The molecule has 0 aromatic heterocycles. The predicted octanol–water partition coefficient (Wildman–Crippen LogP) is 1.49. The lowest BCUT2D eigenvalue weighted by Gasteiger charge is -2.22. The van der Waals surface area contributed by atoms with Crippen molar-refractivity contribution < 1.29 is 9.53 Å². The minimum absolute atomic E-state index is 0.0764. The quantitative estimate of drug-likeness (QED) is 0.659. The first-order valence-corrected chi connectivity index (χ1v) is 4.58. The van der Waals surface area contributed by atoms with E-state index >= 15 is 0 Å². The van der Waals surface area contributed by atoms with Crippen LogP contribution in [0.1, 0.15) is 27.7 Å². The summed E-state index contributed by atoms with van der Waals surface area (Å²) in [6, 6.07) is 0. The number of allylic oxidation sites excluding steroid dienone is 1. The standard InChI is InChI=1S/C10H19NO2/c1-5-7-8-11-9(12)10(3,4)13-6-2/h5,7H,6,8H2,1-4H3,(H,11,12)/b7-5+. The van der Waals surface area contributed by atoms with Gasteiger partial charge in [0.2, 0.25) is 0 Å². The number of rotatable bonds is 5. The molecule has 0 spiro atoms. The van der Waals surface area contributed by atoms with Crippen molar-refractivity contribution in [3.63, 3.8) is 0 Å². The molecule has 0 saturated carbocycles. The maximum absolute atomic E-state index is 11.5. The van der Waals surface area contributed by atoms with Gasteiger partial charge in [-0.1, -0.05) is 12.2 Å². The third-order valence-corrected chi connectivity index (χ3v) is 1.67. The normalized spacial score (nSPS) is 12.0. The lowest BCUT2D eigenvalue weighted by molar-refractivity contribution is -0.141. The molecule has 0 radical (unpaired) electrons. The van der Waals surface area contributed by atoms with Gasteiger partial charge in [0.1, 0.15) is 5.60 Å². The smallest absolute Gasteiger partial charge is 0.251 e. The van der Waals surface area contributed by atoms with E-state index < -0.39 is 5.60 Å². The summed E-state index contributed by atoms with van der Waals surface area (Å²) >= 11 is 0. The number of carbonyl (C=O) groups is 1. The summed E-state index contributed by atoms with van der Waals surface area (Å²) in [5.74, 6) is -0.0764. The van der Waals surface area contributed by atoms with Crippen LogP contribution >= 0.6 is 0 Å². The van der Waals surface area contributed by atoms with Gasteiger partial charge in [0.05, 0.1) is 0 Å². The molecule has 0 aromatic carbocycles. The fraction of sp³-hybridized carbons (Fsp3) is 0.700. The van der Waals surface area contributed by atoms with Crippen molar-refractivity contribution in [2.75, 3.05) is 13.2 Å². The first-order chi connectivity index (χ1) is 6.04. The molecule has 13 heavy (non-hydrogen) atoms. The number of hydrogen-bond acceptors (Lipinski definition) is 2. The largest absolute Gasteiger partial charge is 0.366 e. The maximum Gasteiger partial charge on any atom is 0.251 e. The summed E-state index contributed by atoms with van der Waals surface area (Å²) < 4.78 is 5.29. The van der Waals surface area contributed by atoms with E-state index in [0.29, 0.717) is 13.2 Å². The minimum Gasteiger partial charge on any atom is -0.366 e. The SMILES string of the molecule is C/C=C/CNC(=O)C(C)(C)OCC. The van der Waals surface area contributed by atoms with Gasteiger partial charge in [-0.15, -0.1) is 0 Å². The van der Waals surface area contributed by atoms with Crippen LogP contribution in [0.5, 0.6) is 0 Å². The van der Waals surface area contributed by atoms with Gasteiger partial charge in [-0.25, -0.2) is 0 Å². The summed E-state index contributed by atoms with van der Waals surface area (Å²) in [5, 5.41) is 2.76. The molecule has 3 nitrogen and oxygen atoms in total. The van der Waals surface area contributed by atoms with Crippen molar-refractivity contribution in [2.24, 2.45) is 0 Å². The van der Waals surface area contributed by atoms with Crippen molar-refractivity contribution in [3.05, 3.63) is 12.2 Å². The molecular weight excluding hydrogens is 166 g/mol. The zero-order valence-electron chi connectivity index (χ0n) is 8.89. The van der Waals surface area contributed by atoms with Crippen molar-refractivity contribution >= 4 is 5.91 Å². The van der Waals surface area contributed by atoms with Crippen LogP contribution in [0, 0.1) is 0 Å². The van der Waals surface area contributed by atoms with Gasteiger partial charge in [0, 0.05) is 13.2 Å². The second kappa shape index (κ2) is 5.75. The highest BCUT2D eigenvalue weighted by atomic mass is 16.5. The van der Waals surface area contributed by atoms with Crippen LogP contribution in [0.4, 0.5) is 0 Å². The molecule has 1 N–H and O–H groups in total. The predicted molar refractivity (Wildman–Crippen MR) is 53.5 cm³/mol. The van der Waals surface area contributed by atoms with Crippen LogP contribution in [-0.2, 0) is 9.53 Å². The number of hydrogen-bond donors (Lipinski definition) is 1. The Bertz CT molecular complexity index is 185. The average Bonchev–Trinajstić information content (AvgIpc) is 2.04. The Morgan fingerprint density at radius 1 is 1.54 bits per heavy atom. The highest BCUT2D eigenvalue weighted by Gasteiger charge is 2.26. The van der Waals surface area contributed by atoms with Crippen molar-refractivity contribution in [1.29, 1.82) is 0 Å². The Kier molecular flexibility index (Phi) is 5.39. The molecule has 0 fully saturated rings. The number of nitrogens with one attached hydrogen (secondary N) is 1. The Balaban J connectivity index is 3.93. The molecule has 0 rings (SSSR count). The van der Waals surface area contributed by atoms with Crippen LogP contribution in [0.2, 0.25) is 0 Å². The topological polar surface area (TPSA) is 38.3 Å². The molecule has 0 aliphatic heterocycles. The lowest BCUT2D eigenvalue weighted by atomic mass is 10.1. The molecular formula is C10H19NO2. The van der Waals surface area contributed by atoms with Crippen LogP contribution in [0.25, 0.3) is 0 Å². The molecule has 0 atom stereocenters. The maximum atomic E-state index is 11.5. The van der Waals surface area contributed by atoms with Crippen LogP contribution in [0.3, 0.4) is 0 Å². The van der Waals surface area contributed by atoms with E-state index in [1.165, 1.54) is 0 Å². The lowest BCUT2D eigenvalue weighted by Crippen LogP contribution is -2.44. The van der Waals surface area contributed by atoms with Gasteiger partial charge < -0.3 is 10.1 Å². The average molecular weight is 185 g/mol. The van der Waals surface area contributed by atoms with Crippen LogP contribution < -0.4 is 5.32 Å². The first kappa shape index (κ1) is 12.2. The third-order valence-electron chi connectivity index (χ3n) is 1.67. The van der Waals surface area contributed by atoms with Gasteiger partial charge in [0.25, 0.3) is 5.91 Å². The summed E-state index contributed by atoms with van der Waals surface area (Å²) in [6.07, 6.45) is 3.79. The number of amides is 1. The van der Waals surface area contributed by atoms with Gasteiger partial charge in [-0.05, 0) is 27.7 Å². The molecule has 0 bridgehead atoms. The van der Waals surface area contributed by atoms with Crippen molar-refractivity contribution in [1.82, 2.24) is 5.32 Å². The van der Waals surface area contributed by atoms with E-state index in [1.54, 1.807) is 13.8 Å². The van der Waals surface area contributed by atoms with E-state index in [1.807, 2.05) is 26.0 Å².